The first-order valence-electron chi connectivity index (χ1n) is 5.51. The van der Waals surface area contributed by atoms with E-state index in [4.69, 9.17) is 4.42 Å². The van der Waals surface area contributed by atoms with Gasteiger partial charge in [-0.15, -0.1) is 0 Å². The first-order valence-corrected chi connectivity index (χ1v) is 6.67. The molecule has 1 aliphatic heterocycles. The number of nitrogens with one attached hydrogen (secondary N) is 1. The Hall–Kier alpha value is -0.480. The SMILES string of the molecule is CNC(C)c1coc(C2CCCSC2)n1. The Bertz CT molecular complexity index is 307. The highest BCUT2D eigenvalue weighted by molar-refractivity contribution is 7.99. The summed E-state index contributed by atoms with van der Waals surface area (Å²) in [5.41, 5.74) is 1.02. The summed E-state index contributed by atoms with van der Waals surface area (Å²) in [6.45, 7) is 2.09. The normalized spacial score (nSPS) is 24.0. The third-order valence-electron chi connectivity index (χ3n) is 2.93. The van der Waals surface area contributed by atoms with Crippen molar-refractivity contribution in [3.63, 3.8) is 0 Å². The lowest BCUT2D eigenvalue weighted by atomic mass is 10.1. The van der Waals surface area contributed by atoms with Crippen molar-refractivity contribution in [3.05, 3.63) is 17.8 Å². The molecule has 2 atom stereocenters. The third kappa shape index (κ3) is 2.55. The fourth-order valence-electron chi connectivity index (χ4n) is 1.77. The molecule has 1 aromatic heterocycles. The molecule has 2 rings (SSSR count). The van der Waals surface area contributed by atoms with Gasteiger partial charge in [-0.2, -0.15) is 11.8 Å². The molecule has 0 aromatic carbocycles. The number of aromatic nitrogens is 1. The van der Waals surface area contributed by atoms with Gasteiger partial charge in [0.2, 0.25) is 0 Å². The predicted octanol–water partition coefficient (Wildman–Crippen LogP) is 2.57. The van der Waals surface area contributed by atoms with Crippen LogP contribution in [0.2, 0.25) is 0 Å². The van der Waals surface area contributed by atoms with E-state index in [2.05, 4.69) is 17.2 Å². The highest BCUT2D eigenvalue weighted by Gasteiger charge is 2.21. The Morgan fingerprint density at radius 2 is 2.53 bits per heavy atom. The van der Waals surface area contributed by atoms with Crippen molar-refractivity contribution < 1.29 is 4.42 Å². The van der Waals surface area contributed by atoms with Crippen LogP contribution in [0.5, 0.6) is 0 Å². The van der Waals surface area contributed by atoms with Crippen molar-refractivity contribution in [1.82, 2.24) is 10.3 Å². The van der Waals surface area contributed by atoms with Gasteiger partial charge in [0.05, 0.1) is 5.69 Å². The smallest absolute Gasteiger partial charge is 0.198 e. The van der Waals surface area contributed by atoms with Crippen LogP contribution < -0.4 is 5.32 Å². The molecule has 0 radical (unpaired) electrons. The first kappa shape index (κ1) is 11.0. The van der Waals surface area contributed by atoms with Gasteiger partial charge >= 0.3 is 0 Å². The van der Waals surface area contributed by atoms with E-state index in [1.165, 1.54) is 18.6 Å². The summed E-state index contributed by atoms with van der Waals surface area (Å²) in [6.07, 6.45) is 4.30. The van der Waals surface area contributed by atoms with Crippen LogP contribution in [-0.4, -0.2) is 23.5 Å². The fourth-order valence-corrected chi connectivity index (χ4v) is 2.90. The molecule has 1 aliphatic rings. The van der Waals surface area contributed by atoms with E-state index in [1.807, 2.05) is 18.8 Å². The van der Waals surface area contributed by atoms with Crippen molar-refractivity contribution in [2.75, 3.05) is 18.6 Å². The van der Waals surface area contributed by atoms with Gasteiger partial charge in [0.15, 0.2) is 5.89 Å². The van der Waals surface area contributed by atoms with Crippen LogP contribution >= 0.6 is 11.8 Å². The summed E-state index contributed by atoms with van der Waals surface area (Å²) in [5.74, 6) is 3.91. The summed E-state index contributed by atoms with van der Waals surface area (Å²) in [7, 11) is 1.94. The van der Waals surface area contributed by atoms with Crippen molar-refractivity contribution in [1.29, 1.82) is 0 Å². The fraction of sp³-hybridized carbons (Fsp3) is 0.727. The van der Waals surface area contributed by atoms with Gasteiger partial charge in [0, 0.05) is 17.7 Å². The number of hydrogen-bond donors (Lipinski definition) is 1. The molecule has 2 unspecified atom stereocenters. The van der Waals surface area contributed by atoms with Gasteiger partial charge in [0.25, 0.3) is 0 Å². The van der Waals surface area contributed by atoms with E-state index in [0.29, 0.717) is 5.92 Å². The second kappa shape index (κ2) is 5.03. The Labute approximate surface area is 95.0 Å². The van der Waals surface area contributed by atoms with Crippen molar-refractivity contribution >= 4 is 11.8 Å². The van der Waals surface area contributed by atoms with Crippen LogP contribution in [0.3, 0.4) is 0 Å². The van der Waals surface area contributed by atoms with Crippen molar-refractivity contribution in [2.45, 2.75) is 31.7 Å². The molecular formula is C11H18N2OS. The molecule has 1 aromatic rings. The van der Waals surface area contributed by atoms with Crippen molar-refractivity contribution in [3.8, 4) is 0 Å². The lowest BCUT2D eigenvalue weighted by Gasteiger charge is -2.17. The number of oxazole rings is 1. The molecule has 0 spiro atoms. The first-order chi connectivity index (χ1) is 7.31. The van der Waals surface area contributed by atoms with Crippen LogP contribution in [0.15, 0.2) is 10.7 Å². The molecule has 15 heavy (non-hydrogen) atoms. The zero-order chi connectivity index (χ0) is 10.7. The van der Waals surface area contributed by atoms with Crippen LogP contribution in [0, 0.1) is 0 Å². The molecule has 1 saturated heterocycles. The maximum absolute atomic E-state index is 5.56. The van der Waals surface area contributed by atoms with Gasteiger partial charge in [-0.3, -0.25) is 0 Å². The average Bonchev–Trinajstić information content (AvgIpc) is 2.78. The zero-order valence-corrected chi connectivity index (χ0v) is 10.1. The third-order valence-corrected chi connectivity index (χ3v) is 4.14. The molecule has 3 nitrogen and oxygen atoms in total. The molecule has 0 amide bonds. The number of nitrogens with zero attached hydrogens (tertiary/aromatic N) is 1. The minimum Gasteiger partial charge on any atom is -0.448 e. The molecule has 1 N–H and O–H groups in total. The van der Waals surface area contributed by atoms with E-state index < -0.39 is 0 Å². The molecule has 0 aliphatic carbocycles. The number of hydrogen-bond acceptors (Lipinski definition) is 4. The van der Waals surface area contributed by atoms with E-state index in [9.17, 15) is 0 Å². The summed E-state index contributed by atoms with van der Waals surface area (Å²) >= 11 is 2.01. The summed E-state index contributed by atoms with van der Waals surface area (Å²) in [4.78, 5) is 4.56. The molecule has 0 saturated carbocycles. The minimum absolute atomic E-state index is 0.277. The Morgan fingerprint density at radius 3 is 3.20 bits per heavy atom. The monoisotopic (exact) mass is 226 g/mol. The maximum atomic E-state index is 5.56. The highest BCUT2D eigenvalue weighted by atomic mass is 32.2. The van der Waals surface area contributed by atoms with Gasteiger partial charge in [-0.05, 0) is 32.6 Å². The van der Waals surface area contributed by atoms with E-state index in [1.54, 1.807) is 6.26 Å². The topological polar surface area (TPSA) is 38.1 Å². The highest BCUT2D eigenvalue weighted by Crippen LogP contribution is 2.31. The predicted molar refractivity (Wildman–Crippen MR) is 63.3 cm³/mol. The molecule has 2 heterocycles. The average molecular weight is 226 g/mol. The minimum atomic E-state index is 0.277. The number of thioether (sulfide) groups is 1. The van der Waals surface area contributed by atoms with Gasteiger partial charge in [-0.25, -0.2) is 4.98 Å². The molecule has 84 valence electrons. The summed E-state index contributed by atoms with van der Waals surface area (Å²) in [5, 5.41) is 3.17. The lowest BCUT2D eigenvalue weighted by molar-refractivity contribution is 0.443. The van der Waals surface area contributed by atoms with E-state index in [-0.39, 0.29) is 6.04 Å². The lowest BCUT2D eigenvalue weighted by Crippen LogP contribution is -2.13. The Kier molecular flexibility index (Phi) is 3.70. The Balaban J connectivity index is 2.05. The van der Waals surface area contributed by atoms with Gasteiger partial charge in [-0.1, -0.05) is 0 Å². The molecule has 4 heteroatoms. The standard InChI is InChI=1S/C11H18N2OS/c1-8(12-2)10-6-14-11(13-10)9-4-3-5-15-7-9/h6,8-9,12H,3-5,7H2,1-2H3. The zero-order valence-electron chi connectivity index (χ0n) is 9.32. The largest absolute Gasteiger partial charge is 0.448 e. The van der Waals surface area contributed by atoms with E-state index in [0.717, 1.165) is 17.3 Å². The molecular weight excluding hydrogens is 208 g/mol. The summed E-state index contributed by atoms with van der Waals surface area (Å²) in [6, 6.07) is 0.277. The number of rotatable bonds is 3. The molecule has 1 fully saturated rings. The van der Waals surface area contributed by atoms with Gasteiger partial charge in [0.1, 0.15) is 6.26 Å². The van der Waals surface area contributed by atoms with Crippen LogP contribution in [0.4, 0.5) is 0 Å². The quantitative estimate of drug-likeness (QED) is 0.859. The molecule has 0 bridgehead atoms. The van der Waals surface area contributed by atoms with Gasteiger partial charge < -0.3 is 9.73 Å². The van der Waals surface area contributed by atoms with Crippen LogP contribution in [0.25, 0.3) is 0 Å². The summed E-state index contributed by atoms with van der Waals surface area (Å²) < 4.78 is 5.56. The van der Waals surface area contributed by atoms with E-state index >= 15 is 0 Å². The maximum Gasteiger partial charge on any atom is 0.198 e. The van der Waals surface area contributed by atoms with Crippen LogP contribution in [0.1, 0.15) is 43.3 Å². The second-order valence-electron chi connectivity index (χ2n) is 4.04. The van der Waals surface area contributed by atoms with Crippen molar-refractivity contribution in [2.24, 2.45) is 0 Å². The Morgan fingerprint density at radius 1 is 1.67 bits per heavy atom. The second-order valence-corrected chi connectivity index (χ2v) is 5.18. The van der Waals surface area contributed by atoms with Crippen LogP contribution in [-0.2, 0) is 0 Å².